The second-order valence-electron chi connectivity index (χ2n) is 6.34. The molecular weight excluding hydrogens is 527 g/mol. The molecule has 146 valence electrons. The topological polar surface area (TPSA) is 59.6 Å². The fourth-order valence-corrected chi connectivity index (χ4v) is 3.35. The number of nitrogens with one attached hydrogen (secondary N) is 1. The summed E-state index contributed by atoms with van der Waals surface area (Å²) >= 11 is 2.25. The van der Waals surface area contributed by atoms with E-state index in [1.54, 1.807) is 0 Å². The first-order valence-electron chi connectivity index (χ1n) is 9.17. The van der Waals surface area contributed by atoms with Gasteiger partial charge in [-0.05, 0) is 5.56 Å². The van der Waals surface area contributed by atoms with E-state index in [2.05, 4.69) is 82.6 Å². The molecule has 0 saturated heterocycles. The van der Waals surface area contributed by atoms with Gasteiger partial charge in [0, 0.05) is 6.54 Å². The number of rotatable bonds is 5. The van der Waals surface area contributed by atoms with E-state index >= 15 is 0 Å². The predicted octanol–water partition coefficient (Wildman–Crippen LogP) is 4.07. The maximum atomic E-state index is 5.35. The molecule has 3 N–H and O–H groups in total. The van der Waals surface area contributed by atoms with Crippen LogP contribution in [0, 0.1) is 3.80 Å². The van der Waals surface area contributed by atoms with E-state index in [9.17, 15) is 0 Å². The van der Waals surface area contributed by atoms with Crippen molar-refractivity contribution in [1.82, 2.24) is 14.8 Å². The minimum atomic E-state index is 0.640. The van der Waals surface area contributed by atoms with Gasteiger partial charge in [-0.2, -0.15) is 0 Å². The van der Waals surface area contributed by atoms with Crippen LogP contribution in [0.25, 0.3) is 0 Å². The molecule has 0 amide bonds. The van der Waals surface area contributed by atoms with Gasteiger partial charge >= 0.3 is 129 Å². The summed E-state index contributed by atoms with van der Waals surface area (Å²) in [6.07, 6.45) is 0.832. The van der Waals surface area contributed by atoms with Crippen LogP contribution >= 0.6 is 0 Å². The van der Waals surface area contributed by atoms with Gasteiger partial charge in [0.1, 0.15) is 0 Å². The number of nitrogens with two attached hydrogens (primary N) is 1. The molecule has 4 aromatic rings. The molecule has 0 aliphatic carbocycles. The van der Waals surface area contributed by atoms with Gasteiger partial charge in [0.15, 0.2) is 0 Å². The van der Waals surface area contributed by atoms with Crippen LogP contribution in [0.1, 0.15) is 22.5 Å². The Morgan fingerprint density at radius 3 is 1.75 bits per heavy atom. The molecule has 28 heavy (non-hydrogen) atoms. The summed E-state index contributed by atoms with van der Waals surface area (Å²) in [4.78, 5) is 4.60. The summed E-state index contributed by atoms with van der Waals surface area (Å²) in [6.45, 7) is 1.46. The molecule has 0 saturated carbocycles. The summed E-state index contributed by atoms with van der Waals surface area (Å²) in [5, 5.41) is 3.38. The molecule has 0 atom stereocenters. The van der Waals surface area contributed by atoms with Gasteiger partial charge in [0.2, 0.25) is 0 Å². The van der Waals surface area contributed by atoms with Crippen molar-refractivity contribution in [2.45, 2.75) is 19.5 Å². The number of aromatic amines is 1. The van der Waals surface area contributed by atoms with Crippen molar-refractivity contribution in [2.24, 2.45) is 5.73 Å². The summed E-state index contributed by atoms with van der Waals surface area (Å²) in [5.74, 6) is 0.997. The van der Waals surface area contributed by atoms with Gasteiger partial charge < -0.3 is 5.73 Å². The van der Waals surface area contributed by atoms with Gasteiger partial charge in [-0.3, -0.25) is 0 Å². The Labute approximate surface area is 176 Å². The van der Waals surface area contributed by atoms with Gasteiger partial charge in [-0.25, -0.2) is 0 Å². The molecule has 4 rings (SSSR count). The van der Waals surface area contributed by atoms with Gasteiger partial charge in [-0.1, -0.05) is 30.3 Å². The van der Waals surface area contributed by atoms with E-state index in [1.165, 1.54) is 16.7 Å². The van der Waals surface area contributed by atoms with Crippen LogP contribution in [0.15, 0.2) is 91.0 Å². The Kier molecular flexibility index (Phi) is 7.71. The molecule has 5 heteroatoms. The third-order valence-electron chi connectivity index (χ3n) is 4.17. The van der Waals surface area contributed by atoms with Crippen LogP contribution in [0.2, 0.25) is 0 Å². The standard InChI is InChI=1S/C16H15N3.C7H9N.Pt/c1-3-7-14(8-4-1)11-16-17-13-19(18-16)12-15-9-5-2-6-10-15;8-6-7-4-2-1-3-5-7;/h1-10H,11-12H2,(H,17,18);1-5H,6,8H2;. The first-order chi connectivity index (χ1) is 13.7. The zero-order valence-electron chi connectivity index (χ0n) is 15.6. The molecule has 1 heterocycles. The fraction of sp³-hybridized carbons (Fsp3) is 0.130. The van der Waals surface area contributed by atoms with Crippen LogP contribution in [0.4, 0.5) is 0 Å². The van der Waals surface area contributed by atoms with Crippen molar-refractivity contribution < 1.29 is 19.4 Å². The molecule has 0 bridgehead atoms. The van der Waals surface area contributed by atoms with Crippen molar-refractivity contribution in [3.8, 4) is 0 Å². The molecule has 0 aliphatic heterocycles. The summed E-state index contributed by atoms with van der Waals surface area (Å²) < 4.78 is 3.06. The number of nitrogens with zero attached hydrogens (tertiary/aromatic N) is 2. The summed E-state index contributed by atoms with van der Waals surface area (Å²) in [5.41, 5.74) is 9.07. The van der Waals surface area contributed by atoms with E-state index in [1.807, 2.05) is 42.5 Å². The van der Waals surface area contributed by atoms with E-state index in [-0.39, 0.29) is 0 Å². The summed E-state index contributed by atoms with van der Waals surface area (Å²) in [7, 11) is 0. The Hall–Kier alpha value is -2.55. The molecule has 0 spiro atoms. The van der Waals surface area contributed by atoms with Crippen LogP contribution in [-0.2, 0) is 38.9 Å². The number of aromatic nitrogens is 3. The molecule has 0 radical (unpaired) electrons. The first-order valence-corrected chi connectivity index (χ1v) is 10.3. The minimum absolute atomic E-state index is 0.640. The normalized spacial score (nSPS) is 10.2. The fourth-order valence-electron chi connectivity index (χ4n) is 2.74. The monoisotopic (exact) mass is 551 g/mol. The van der Waals surface area contributed by atoms with Gasteiger partial charge in [0.25, 0.3) is 0 Å². The van der Waals surface area contributed by atoms with Crippen molar-refractivity contribution in [1.29, 1.82) is 0 Å². The van der Waals surface area contributed by atoms with Crippen molar-refractivity contribution in [2.75, 3.05) is 0 Å². The SMILES string of the molecule is NCc1ccccc1.[Pt]=[c]1nc(Cc2ccccc2)[nH]n1Cc1ccccc1. The molecule has 0 aliphatic rings. The molecule has 0 fully saturated rings. The second-order valence-corrected chi connectivity index (χ2v) is 7.35. The molecule has 4 nitrogen and oxygen atoms in total. The van der Waals surface area contributed by atoms with Gasteiger partial charge in [-0.15, -0.1) is 0 Å². The van der Waals surface area contributed by atoms with E-state index in [0.717, 1.165) is 22.6 Å². The van der Waals surface area contributed by atoms with Crippen molar-refractivity contribution in [3.05, 3.63) is 117 Å². The number of benzene rings is 3. The van der Waals surface area contributed by atoms with Crippen LogP contribution in [0.3, 0.4) is 0 Å². The summed E-state index contributed by atoms with van der Waals surface area (Å²) in [6, 6.07) is 30.8. The van der Waals surface area contributed by atoms with Gasteiger partial charge in [0.05, 0.1) is 0 Å². The van der Waals surface area contributed by atoms with Crippen molar-refractivity contribution >= 4 is 0 Å². The number of hydrogen-bond acceptors (Lipinski definition) is 2. The molecule has 0 unspecified atom stereocenters. The second kappa shape index (κ2) is 10.7. The Bertz CT molecular complexity index is 1010. The average Bonchev–Trinajstić information content (AvgIpc) is 3.09. The van der Waals surface area contributed by atoms with E-state index in [4.69, 9.17) is 5.73 Å². The Balaban J connectivity index is 0.000000236. The maximum absolute atomic E-state index is 5.35. The Morgan fingerprint density at radius 1 is 0.750 bits per heavy atom. The van der Waals surface area contributed by atoms with Crippen LogP contribution < -0.4 is 5.73 Å². The third kappa shape index (κ3) is 6.26. The zero-order valence-corrected chi connectivity index (χ0v) is 17.8. The van der Waals surface area contributed by atoms with E-state index < -0.39 is 0 Å². The van der Waals surface area contributed by atoms with Crippen LogP contribution in [0.5, 0.6) is 0 Å². The average molecular weight is 552 g/mol. The number of hydrogen-bond donors (Lipinski definition) is 2. The van der Waals surface area contributed by atoms with Crippen molar-refractivity contribution in [3.63, 3.8) is 0 Å². The first kappa shape index (κ1) is 20.2. The zero-order chi connectivity index (χ0) is 19.6. The Morgan fingerprint density at radius 2 is 1.25 bits per heavy atom. The number of H-pyrrole nitrogens is 1. The predicted molar refractivity (Wildman–Crippen MR) is 109 cm³/mol. The molecule has 3 aromatic carbocycles. The quantitative estimate of drug-likeness (QED) is 0.393. The van der Waals surface area contributed by atoms with E-state index in [0.29, 0.717) is 6.54 Å². The third-order valence-corrected chi connectivity index (χ3v) is 5.03. The molecular formula is C23H24N4Pt. The van der Waals surface area contributed by atoms with Crippen LogP contribution in [-0.4, -0.2) is 14.8 Å². The molecule has 1 aromatic heterocycles.